The van der Waals surface area contributed by atoms with Gasteiger partial charge in [0, 0.05) is 10.6 Å². The lowest BCUT2D eigenvalue weighted by Gasteiger charge is -2.35. The van der Waals surface area contributed by atoms with Crippen LogP contribution in [0.3, 0.4) is 0 Å². The van der Waals surface area contributed by atoms with E-state index < -0.39 is 37.3 Å². The van der Waals surface area contributed by atoms with Gasteiger partial charge in [-0.2, -0.15) is 0 Å². The van der Waals surface area contributed by atoms with Gasteiger partial charge in [0.15, 0.2) is 6.29 Å². The number of hydrogen-bond acceptors (Lipinski definition) is 6. The SMILES string of the molecule is OC[C@@H]1OC(c2ccccc2Cl)OC[C@@H](O)[C@@H](O)[C@@H]1O. The average Bonchev–Trinajstić information content (AvgIpc) is 2.46. The highest BCUT2D eigenvalue weighted by atomic mass is 35.5. The molecule has 1 fully saturated rings. The lowest BCUT2D eigenvalue weighted by atomic mass is 10.0. The Kier molecular flexibility index (Phi) is 5.34. The van der Waals surface area contributed by atoms with E-state index >= 15 is 0 Å². The maximum absolute atomic E-state index is 9.86. The molecule has 20 heavy (non-hydrogen) atoms. The first-order chi connectivity index (χ1) is 9.54. The topological polar surface area (TPSA) is 99.4 Å². The third-order valence-corrected chi connectivity index (χ3v) is 3.53. The van der Waals surface area contributed by atoms with Gasteiger partial charge in [-0.3, -0.25) is 0 Å². The highest BCUT2D eigenvalue weighted by Gasteiger charge is 2.37. The number of hydrogen-bond donors (Lipinski definition) is 4. The van der Waals surface area contributed by atoms with Crippen molar-refractivity contribution in [2.24, 2.45) is 0 Å². The Hall–Kier alpha value is -0.730. The summed E-state index contributed by atoms with van der Waals surface area (Å²) in [5, 5.41) is 38.9. The number of aliphatic hydroxyl groups excluding tert-OH is 4. The van der Waals surface area contributed by atoms with Crippen LogP contribution in [0, 0.1) is 0 Å². The van der Waals surface area contributed by atoms with Crippen LogP contribution in [0.15, 0.2) is 24.3 Å². The molecule has 0 bridgehead atoms. The van der Waals surface area contributed by atoms with E-state index in [4.69, 9.17) is 21.1 Å². The summed E-state index contributed by atoms with van der Waals surface area (Å²) in [5.74, 6) is 0. The zero-order chi connectivity index (χ0) is 14.7. The zero-order valence-electron chi connectivity index (χ0n) is 10.6. The summed E-state index contributed by atoms with van der Waals surface area (Å²) in [6.45, 7) is -0.762. The minimum absolute atomic E-state index is 0.230. The molecule has 0 radical (unpaired) electrons. The van der Waals surface area contributed by atoms with Gasteiger partial charge >= 0.3 is 0 Å². The Morgan fingerprint density at radius 1 is 1.15 bits per heavy atom. The van der Waals surface area contributed by atoms with E-state index in [9.17, 15) is 20.4 Å². The van der Waals surface area contributed by atoms with E-state index in [1.807, 2.05) is 0 Å². The molecule has 0 saturated carbocycles. The molecule has 0 spiro atoms. The molecule has 2 rings (SSSR count). The first kappa shape index (κ1) is 15.7. The summed E-state index contributed by atoms with van der Waals surface area (Å²) in [6.07, 6.45) is -6.21. The summed E-state index contributed by atoms with van der Waals surface area (Å²) in [5.41, 5.74) is 0.517. The second kappa shape index (κ2) is 6.82. The second-order valence-corrected chi connectivity index (χ2v) is 5.00. The molecule has 1 aromatic rings. The number of rotatable bonds is 2. The number of aliphatic hydroxyl groups is 4. The summed E-state index contributed by atoms with van der Waals surface area (Å²) >= 11 is 6.05. The fourth-order valence-corrected chi connectivity index (χ4v) is 2.22. The van der Waals surface area contributed by atoms with Crippen LogP contribution in [-0.4, -0.2) is 58.1 Å². The van der Waals surface area contributed by atoms with Gasteiger partial charge in [0.25, 0.3) is 0 Å². The lowest BCUT2D eigenvalue weighted by molar-refractivity contribution is -0.256. The fourth-order valence-electron chi connectivity index (χ4n) is 1.99. The Labute approximate surface area is 121 Å². The molecule has 1 aromatic carbocycles. The van der Waals surface area contributed by atoms with Gasteiger partial charge in [0.05, 0.1) is 13.2 Å². The quantitative estimate of drug-likeness (QED) is 0.605. The van der Waals surface area contributed by atoms with E-state index in [1.54, 1.807) is 24.3 Å². The van der Waals surface area contributed by atoms with Crippen molar-refractivity contribution in [2.45, 2.75) is 30.7 Å². The van der Waals surface area contributed by atoms with Crippen LogP contribution >= 0.6 is 11.6 Å². The van der Waals surface area contributed by atoms with E-state index in [0.29, 0.717) is 10.6 Å². The fraction of sp³-hybridized carbons (Fsp3) is 0.538. The minimum atomic E-state index is -1.46. The largest absolute Gasteiger partial charge is 0.394 e. The highest BCUT2D eigenvalue weighted by molar-refractivity contribution is 6.31. The van der Waals surface area contributed by atoms with Crippen LogP contribution < -0.4 is 0 Å². The van der Waals surface area contributed by atoms with Crippen molar-refractivity contribution in [3.63, 3.8) is 0 Å². The van der Waals surface area contributed by atoms with Crippen LogP contribution in [0.2, 0.25) is 5.02 Å². The maximum Gasteiger partial charge on any atom is 0.185 e. The molecular weight excluding hydrogens is 288 g/mol. The molecule has 6 nitrogen and oxygen atoms in total. The molecule has 4 N–H and O–H groups in total. The van der Waals surface area contributed by atoms with E-state index in [1.165, 1.54) is 0 Å². The Bertz CT molecular complexity index is 443. The molecule has 1 aliphatic rings. The first-order valence-electron chi connectivity index (χ1n) is 6.21. The van der Waals surface area contributed by atoms with Crippen molar-refractivity contribution in [2.75, 3.05) is 13.2 Å². The van der Waals surface area contributed by atoms with E-state index in [0.717, 1.165) is 0 Å². The van der Waals surface area contributed by atoms with Crippen LogP contribution in [-0.2, 0) is 9.47 Å². The van der Waals surface area contributed by atoms with Crippen molar-refractivity contribution < 1.29 is 29.9 Å². The van der Waals surface area contributed by atoms with Crippen LogP contribution in [0.5, 0.6) is 0 Å². The molecule has 1 unspecified atom stereocenters. The standard InChI is InChI=1S/C13H17ClO6/c14-8-4-2-1-3-7(8)13-19-6-9(16)11(17)12(18)10(5-15)20-13/h1-4,9-13,15-18H,5-6H2/t9-,10+,11-,12-,13?/m1/s1. The number of ether oxygens (including phenoxy) is 2. The molecule has 7 heteroatoms. The van der Waals surface area contributed by atoms with Crippen molar-refractivity contribution in [3.8, 4) is 0 Å². The molecule has 1 aliphatic heterocycles. The second-order valence-electron chi connectivity index (χ2n) is 4.59. The molecule has 0 aliphatic carbocycles. The first-order valence-corrected chi connectivity index (χ1v) is 6.59. The van der Waals surface area contributed by atoms with Crippen molar-refractivity contribution >= 4 is 11.6 Å². The summed E-state index contributed by atoms with van der Waals surface area (Å²) in [4.78, 5) is 0. The van der Waals surface area contributed by atoms with E-state index in [2.05, 4.69) is 0 Å². The van der Waals surface area contributed by atoms with Gasteiger partial charge in [0.1, 0.15) is 24.4 Å². The molecular formula is C13H17ClO6. The Morgan fingerprint density at radius 2 is 1.85 bits per heavy atom. The van der Waals surface area contributed by atoms with Crippen LogP contribution in [0.25, 0.3) is 0 Å². The molecule has 5 atom stereocenters. The number of halogens is 1. The van der Waals surface area contributed by atoms with Gasteiger partial charge in [-0.25, -0.2) is 0 Å². The molecule has 1 saturated heterocycles. The summed E-state index contributed by atoms with van der Waals surface area (Å²) in [6, 6.07) is 6.81. The van der Waals surface area contributed by atoms with E-state index in [-0.39, 0.29) is 6.61 Å². The molecule has 112 valence electrons. The summed E-state index contributed by atoms with van der Waals surface area (Å²) < 4.78 is 10.8. The number of benzene rings is 1. The average molecular weight is 305 g/mol. The molecule has 0 aromatic heterocycles. The normalized spacial score (nSPS) is 35.4. The highest BCUT2D eigenvalue weighted by Crippen LogP contribution is 2.30. The third-order valence-electron chi connectivity index (χ3n) is 3.18. The third kappa shape index (κ3) is 3.29. The maximum atomic E-state index is 9.86. The minimum Gasteiger partial charge on any atom is -0.394 e. The predicted octanol–water partition coefficient (Wildman–Crippen LogP) is -0.171. The monoisotopic (exact) mass is 304 g/mol. The van der Waals surface area contributed by atoms with Gasteiger partial charge in [-0.1, -0.05) is 29.8 Å². The van der Waals surface area contributed by atoms with Crippen molar-refractivity contribution in [1.82, 2.24) is 0 Å². The van der Waals surface area contributed by atoms with Gasteiger partial charge in [0.2, 0.25) is 0 Å². The van der Waals surface area contributed by atoms with Gasteiger partial charge in [-0.15, -0.1) is 0 Å². The smallest absolute Gasteiger partial charge is 0.185 e. The zero-order valence-corrected chi connectivity index (χ0v) is 11.3. The predicted molar refractivity (Wildman–Crippen MR) is 70.1 cm³/mol. The van der Waals surface area contributed by atoms with Crippen molar-refractivity contribution in [3.05, 3.63) is 34.9 Å². The summed E-state index contributed by atoms with van der Waals surface area (Å²) in [7, 11) is 0. The molecule has 1 heterocycles. The Morgan fingerprint density at radius 3 is 2.50 bits per heavy atom. The van der Waals surface area contributed by atoms with Gasteiger partial charge < -0.3 is 29.9 Å². The van der Waals surface area contributed by atoms with Gasteiger partial charge in [-0.05, 0) is 6.07 Å². The Balaban J connectivity index is 2.24. The molecule has 0 amide bonds. The van der Waals surface area contributed by atoms with Crippen LogP contribution in [0.1, 0.15) is 11.9 Å². The lowest BCUT2D eigenvalue weighted by Crippen LogP contribution is -2.51. The van der Waals surface area contributed by atoms with Crippen LogP contribution in [0.4, 0.5) is 0 Å². The van der Waals surface area contributed by atoms with Crippen molar-refractivity contribution in [1.29, 1.82) is 0 Å².